The Kier molecular flexibility index (Phi) is 3.20. The van der Waals surface area contributed by atoms with Crippen molar-refractivity contribution in [3.8, 4) is 6.07 Å². The van der Waals surface area contributed by atoms with Crippen molar-refractivity contribution >= 4 is 0 Å². The average Bonchev–Trinajstić information content (AvgIpc) is 2.16. The maximum Gasteiger partial charge on any atom is 0.106 e. The molecule has 0 aromatic heterocycles. The van der Waals surface area contributed by atoms with Crippen LogP contribution in [0.25, 0.3) is 0 Å². The van der Waals surface area contributed by atoms with Crippen LogP contribution in [-0.2, 0) is 0 Å². The Morgan fingerprint density at radius 2 is 2.38 bits per heavy atom. The van der Waals surface area contributed by atoms with E-state index in [2.05, 4.69) is 11.4 Å². The number of nitrogens with zero attached hydrogens (tertiary/aromatic N) is 1. The molecule has 70 valence electrons. The Labute approximate surface area is 77.4 Å². The van der Waals surface area contributed by atoms with Gasteiger partial charge in [0.05, 0.1) is 18.6 Å². The van der Waals surface area contributed by atoms with Gasteiger partial charge in [-0.25, -0.2) is 0 Å². The molecule has 0 aromatic carbocycles. The lowest BCUT2D eigenvalue weighted by Crippen LogP contribution is -2.57. The number of aliphatic hydroxyl groups excluding tert-OH is 1. The van der Waals surface area contributed by atoms with E-state index in [1.165, 1.54) is 0 Å². The van der Waals surface area contributed by atoms with Crippen molar-refractivity contribution in [2.45, 2.75) is 5.66 Å². The van der Waals surface area contributed by atoms with Gasteiger partial charge in [0.25, 0.3) is 0 Å². The zero-order valence-corrected chi connectivity index (χ0v) is 7.27. The second kappa shape index (κ2) is 4.19. The van der Waals surface area contributed by atoms with Crippen LogP contribution in [0.1, 0.15) is 0 Å². The van der Waals surface area contributed by atoms with E-state index in [1.54, 1.807) is 24.3 Å². The summed E-state index contributed by atoms with van der Waals surface area (Å²) in [5.74, 6) is -0.385. The molecule has 0 bridgehead atoms. The monoisotopic (exact) mass is 179 g/mol. The molecule has 1 aliphatic carbocycles. The van der Waals surface area contributed by atoms with E-state index in [4.69, 9.17) is 16.1 Å². The van der Waals surface area contributed by atoms with Crippen LogP contribution in [0.3, 0.4) is 0 Å². The fraction of sp³-hybridized carbons (Fsp3) is 0.444. The largest absolute Gasteiger partial charge is 0.395 e. The first-order valence-electron chi connectivity index (χ1n) is 4.13. The Morgan fingerprint density at radius 1 is 1.62 bits per heavy atom. The molecule has 13 heavy (non-hydrogen) atoms. The van der Waals surface area contributed by atoms with Crippen molar-refractivity contribution < 1.29 is 5.11 Å². The lowest BCUT2D eigenvalue weighted by molar-refractivity contribution is 0.261. The highest BCUT2D eigenvalue weighted by Gasteiger charge is 2.31. The Morgan fingerprint density at radius 3 is 3.00 bits per heavy atom. The highest BCUT2D eigenvalue weighted by Crippen LogP contribution is 2.18. The molecule has 0 aliphatic heterocycles. The summed E-state index contributed by atoms with van der Waals surface area (Å²) in [6, 6.07) is 2.10. The van der Waals surface area contributed by atoms with Crippen LogP contribution >= 0.6 is 0 Å². The van der Waals surface area contributed by atoms with Crippen molar-refractivity contribution in [3.63, 3.8) is 0 Å². The predicted octanol–water partition coefficient (Wildman–Crippen LogP) is -0.511. The van der Waals surface area contributed by atoms with E-state index in [9.17, 15) is 0 Å². The van der Waals surface area contributed by atoms with E-state index in [1.807, 2.05) is 0 Å². The summed E-state index contributed by atoms with van der Waals surface area (Å²) in [7, 11) is 0. The van der Waals surface area contributed by atoms with Crippen molar-refractivity contribution in [1.82, 2.24) is 5.32 Å². The van der Waals surface area contributed by atoms with Gasteiger partial charge in [0, 0.05) is 6.54 Å². The standard InChI is InChI=1S/C9H13N3O/c10-7-8-3-1-2-4-9(8,11)12-5-6-13/h1-4,8,12-13H,5-6,11H2. The zero-order valence-electron chi connectivity index (χ0n) is 7.27. The van der Waals surface area contributed by atoms with Crippen LogP contribution in [0.15, 0.2) is 24.3 Å². The van der Waals surface area contributed by atoms with Crippen LogP contribution in [0.4, 0.5) is 0 Å². The fourth-order valence-electron chi connectivity index (χ4n) is 1.24. The van der Waals surface area contributed by atoms with Gasteiger partial charge in [0.2, 0.25) is 0 Å². The number of aliphatic hydroxyl groups is 1. The number of nitrogens with two attached hydrogens (primary N) is 1. The van der Waals surface area contributed by atoms with Gasteiger partial charge in [-0.2, -0.15) is 5.26 Å². The van der Waals surface area contributed by atoms with Crippen LogP contribution in [0.2, 0.25) is 0 Å². The molecule has 4 nitrogen and oxygen atoms in total. The smallest absolute Gasteiger partial charge is 0.106 e. The van der Waals surface area contributed by atoms with Crippen molar-refractivity contribution in [3.05, 3.63) is 24.3 Å². The topological polar surface area (TPSA) is 82.1 Å². The SMILES string of the molecule is N#CC1C=CC=CC1(N)NCCO. The van der Waals surface area contributed by atoms with E-state index < -0.39 is 5.66 Å². The van der Waals surface area contributed by atoms with Gasteiger partial charge in [-0.3, -0.25) is 5.32 Å². The molecule has 0 spiro atoms. The van der Waals surface area contributed by atoms with Crippen LogP contribution < -0.4 is 11.1 Å². The molecule has 0 aromatic rings. The zero-order chi connectivity index (χ0) is 9.73. The Hall–Kier alpha value is -1.15. The van der Waals surface area contributed by atoms with Crippen LogP contribution in [0, 0.1) is 17.2 Å². The molecule has 4 heteroatoms. The molecule has 0 amide bonds. The molecule has 4 N–H and O–H groups in total. The summed E-state index contributed by atoms with van der Waals surface area (Å²) in [5, 5.41) is 20.4. The molecule has 0 saturated heterocycles. The summed E-state index contributed by atoms with van der Waals surface area (Å²) in [6.45, 7) is 0.390. The van der Waals surface area contributed by atoms with Crippen molar-refractivity contribution in [2.75, 3.05) is 13.2 Å². The van der Waals surface area contributed by atoms with Gasteiger partial charge in [-0.15, -0.1) is 0 Å². The number of nitrogens with one attached hydrogen (secondary N) is 1. The minimum Gasteiger partial charge on any atom is -0.395 e. The molecule has 0 fully saturated rings. The minimum absolute atomic E-state index is 0.00858. The quantitative estimate of drug-likeness (QED) is 0.509. The van der Waals surface area contributed by atoms with E-state index in [0.717, 1.165) is 0 Å². The van der Waals surface area contributed by atoms with Gasteiger partial charge in [0.15, 0.2) is 0 Å². The van der Waals surface area contributed by atoms with Crippen LogP contribution in [-0.4, -0.2) is 23.9 Å². The first kappa shape index (κ1) is 9.93. The third kappa shape index (κ3) is 2.16. The summed E-state index contributed by atoms with van der Waals surface area (Å²) in [4.78, 5) is 0. The van der Waals surface area contributed by atoms with Crippen molar-refractivity contribution in [2.24, 2.45) is 11.7 Å². The normalized spacial score (nSPS) is 31.6. The molecular formula is C9H13N3O. The first-order chi connectivity index (χ1) is 6.23. The number of nitriles is 1. The highest BCUT2D eigenvalue weighted by atomic mass is 16.3. The molecule has 1 rings (SSSR count). The molecule has 0 radical (unpaired) electrons. The molecule has 0 heterocycles. The number of allylic oxidation sites excluding steroid dienone is 2. The van der Waals surface area contributed by atoms with Crippen LogP contribution in [0.5, 0.6) is 0 Å². The second-order valence-electron chi connectivity index (χ2n) is 2.93. The summed E-state index contributed by atoms with van der Waals surface area (Å²) in [6.07, 6.45) is 7.05. The van der Waals surface area contributed by atoms with E-state index in [0.29, 0.717) is 6.54 Å². The number of hydrogen-bond donors (Lipinski definition) is 3. The number of rotatable bonds is 3. The van der Waals surface area contributed by atoms with Gasteiger partial charge < -0.3 is 10.8 Å². The average molecular weight is 179 g/mol. The minimum atomic E-state index is -0.841. The molecule has 0 saturated carbocycles. The van der Waals surface area contributed by atoms with Gasteiger partial charge in [-0.1, -0.05) is 18.2 Å². The molecule has 2 atom stereocenters. The Balaban J connectivity index is 2.69. The van der Waals surface area contributed by atoms with Crippen molar-refractivity contribution in [1.29, 1.82) is 5.26 Å². The van der Waals surface area contributed by atoms with Gasteiger partial charge in [0.1, 0.15) is 5.66 Å². The fourth-order valence-corrected chi connectivity index (χ4v) is 1.24. The molecular weight excluding hydrogens is 166 g/mol. The molecule has 1 aliphatic rings. The first-order valence-corrected chi connectivity index (χ1v) is 4.13. The predicted molar refractivity (Wildman–Crippen MR) is 49.4 cm³/mol. The lowest BCUT2D eigenvalue weighted by Gasteiger charge is -2.31. The molecule has 2 unspecified atom stereocenters. The van der Waals surface area contributed by atoms with Gasteiger partial charge >= 0.3 is 0 Å². The third-order valence-electron chi connectivity index (χ3n) is 1.98. The van der Waals surface area contributed by atoms with Gasteiger partial charge in [-0.05, 0) is 6.08 Å². The maximum absolute atomic E-state index is 8.81. The Bertz CT molecular complexity index is 267. The summed E-state index contributed by atoms with van der Waals surface area (Å²) < 4.78 is 0. The second-order valence-corrected chi connectivity index (χ2v) is 2.93. The summed E-state index contributed by atoms with van der Waals surface area (Å²) in [5.41, 5.74) is 5.08. The maximum atomic E-state index is 8.81. The van der Waals surface area contributed by atoms with E-state index >= 15 is 0 Å². The summed E-state index contributed by atoms with van der Waals surface area (Å²) >= 11 is 0. The third-order valence-corrected chi connectivity index (χ3v) is 1.98. The van der Waals surface area contributed by atoms with E-state index in [-0.39, 0.29) is 12.5 Å². The highest BCUT2D eigenvalue weighted by molar-refractivity contribution is 5.27. The number of hydrogen-bond acceptors (Lipinski definition) is 4. The lowest BCUT2D eigenvalue weighted by atomic mass is 9.90.